The van der Waals surface area contributed by atoms with E-state index < -0.39 is 12.0 Å². The summed E-state index contributed by atoms with van der Waals surface area (Å²) in [7, 11) is 0. The first-order valence-corrected chi connectivity index (χ1v) is 6.30. The van der Waals surface area contributed by atoms with Gasteiger partial charge in [0.2, 0.25) is 0 Å². The first-order valence-electron chi connectivity index (χ1n) is 5.92. The van der Waals surface area contributed by atoms with Gasteiger partial charge in [0, 0.05) is 17.1 Å². The normalized spacial score (nSPS) is 21.9. The highest BCUT2D eigenvalue weighted by atomic mass is 35.5. The Labute approximate surface area is 114 Å². The van der Waals surface area contributed by atoms with Gasteiger partial charge in [-0.2, -0.15) is 0 Å². The molecule has 1 aliphatic rings. The van der Waals surface area contributed by atoms with Crippen LogP contribution in [0.5, 0.6) is 0 Å². The summed E-state index contributed by atoms with van der Waals surface area (Å²) in [5.41, 5.74) is 2.49. The highest BCUT2D eigenvalue weighted by Gasteiger charge is 2.33. The average Bonchev–Trinajstić information content (AvgIpc) is 2.86. The minimum absolute atomic E-state index is 0.301. The van der Waals surface area contributed by atoms with E-state index in [9.17, 15) is 9.90 Å². The summed E-state index contributed by atoms with van der Waals surface area (Å²) >= 11 is 6.19. The lowest BCUT2D eigenvalue weighted by molar-refractivity contribution is -0.139. The number of hydrogen-bond donors (Lipinski definition) is 3. The number of imidazole rings is 1. The zero-order valence-electron chi connectivity index (χ0n) is 9.93. The van der Waals surface area contributed by atoms with Gasteiger partial charge in [0.25, 0.3) is 0 Å². The van der Waals surface area contributed by atoms with Gasteiger partial charge in [0.15, 0.2) is 0 Å². The topological polar surface area (TPSA) is 78.0 Å². The van der Waals surface area contributed by atoms with E-state index in [0.29, 0.717) is 11.4 Å². The standard InChI is InChI=1S/C13H12ClN3O2/c14-8-4-2-1-3-7(8)11-12-9(15-6-16-12)5-10(17-11)13(18)19/h1-4,6,10-11,17H,5H2,(H,15,16)(H,18,19)/t10-,11+/m1/s1. The third kappa shape index (κ3) is 2.11. The molecule has 1 aliphatic heterocycles. The SMILES string of the molecule is O=C(O)[C@H]1Cc2[nH]cnc2[C@H](c2ccccc2Cl)N1. The quantitative estimate of drug-likeness (QED) is 0.781. The van der Waals surface area contributed by atoms with Gasteiger partial charge < -0.3 is 10.1 Å². The molecule has 0 radical (unpaired) electrons. The van der Waals surface area contributed by atoms with Gasteiger partial charge in [0.1, 0.15) is 6.04 Å². The molecule has 2 aromatic rings. The monoisotopic (exact) mass is 277 g/mol. The van der Waals surface area contributed by atoms with Crippen LogP contribution in [0.3, 0.4) is 0 Å². The summed E-state index contributed by atoms with van der Waals surface area (Å²) in [5, 5.41) is 12.9. The van der Waals surface area contributed by atoms with Gasteiger partial charge in [-0.25, -0.2) is 4.98 Å². The number of fused-ring (bicyclic) bond motifs is 1. The molecule has 5 nitrogen and oxygen atoms in total. The molecule has 3 rings (SSSR count). The third-order valence-corrected chi connectivity index (χ3v) is 3.66. The molecule has 0 saturated heterocycles. The number of aromatic amines is 1. The van der Waals surface area contributed by atoms with Gasteiger partial charge in [-0.3, -0.25) is 10.1 Å². The van der Waals surface area contributed by atoms with E-state index in [1.54, 1.807) is 12.4 Å². The number of aliphatic carboxylic acids is 1. The predicted molar refractivity (Wildman–Crippen MR) is 70.1 cm³/mol. The fraction of sp³-hybridized carbons (Fsp3) is 0.231. The van der Waals surface area contributed by atoms with Crippen molar-refractivity contribution in [3.63, 3.8) is 0 Å². The van der Waals surface area contributed by atoms with Crippen molar-refractivity contribution in [2.45, 2.75) is 18.5 Å². The van der Waals surface area contributed by atoms with Crippen LogP contribution in [-0.2, 0) is 11.2 Å². The van der Waals surface area contributed by atoms with Crippen molar-refractivity contribution in [3.8, 4) is 0 Å². The second-order valence-corrected chi connectivity index (χ2v) is 4.89. The van der Waals surface area contributed by atoms with Gasteiger partial charge in [-0.05, 0) is 11.6 Å². The minimum atomic E-state index is -0.877. The second-order valence-electron chi connectivity index (χ2n) is 4.48. The fourth-order valence-electron chi connectivity index (χ4n) is 2.39. The second kappa shape index (κ2) is 4.68. The van der Waals surface area contributed by atoms with Crippen LogP contribution in [0.15, 0.2) is 30.6 Å². The highest BCUT2D eigenvalue weighted by molar-refractivity contribution is 6.31. The first-order chi connectivity index (χ1) is 9.16. The van der Waals surface area contributed by atoms with E-state index in [0.717, 1.165) is 17.0 Å². The van der Waals surface area contributed by atoms with Crippen LogP contribution in [0.4, 0.5) is 0 Å². The van der Waals surface area contributed by atoms with E-state index in [1.807, 2.05) is 18.2 Å². The maximum Gasteiger partial charge on any atom is 0.321 e. The van der Waals surface area contributed by atoms with Gasteiger partial charge >= 0.3 is 5.97 Å². The van der Waals surface area contributed by atoms with Crippen LogP contribution >= 0.6 is 11.6 Å². The van der Waals surface area contributed by atoms with Gasteiger partial charge in [-0.15, -0.1) is 0 Å². The molecule has 0 bridgehead atoms. The number of H-pyrrole nitrogens is 1. The zero-order valence-corrected chi connectivity index (χ0v) is 10.7. The maximum atomic E-state index is 11.2. The Balaban J connectivity index is 2.06. The molecule has 2 atom stereocenters. The molecule has 0 saturated carbocycles. The number of carboxylic acids is 1. The molecule has 1 aromatic carbocycles. The van der Waals surface area contributed by atoms with Gasteiger partial charge in [0.05, 0.1) is 18.1 Å². The van der Waals surface area contributed by atoms with Crippen LogP contribution < -0.4 is 5.32 Å². The van der Waals surface area contributed by atoms with Crippen molar-refractivity contribution in [1.29, 1.82) is 0 Å². The predicted octanol–water partition coefficient (Wildman–Crippen LogP) is 1.75. The molecule has 6 heteroatoms. The number of aromatic nitrogens is 2. The van der Waals surface area contributed by atoms with Crippen LogP contribution in [0, 0.1) is 0 Å². The third-order valence-electron chi connectivity index (χ3n) is 3.32. The van der Waals surface area contributed by atoms with Crippen molar-refractivity contribution >= 4 is 17.6 Å². The minimum Gasteiger partial charge on any atom is -0.480 e. The lowest BCUT2D eigenvalue weighted by Gasteiger charge is -2.28. The number of rotatable bonds is 2. The molecule has 19 heavy (non-hydrogen) atoms. The summed E-state index contributed by atoms with van der Waals surface area (Å²) in [6.45, 7) is 0. The number of hydrogen-bond acceptors (Lipinski definition) is 3. The van der Waals surface area contributed by atoms with E-state index in [2.05, 4.69) is 15.3 Å². The molecule has 98 valence electrons. The van der Waals surface area contributed by atoms with E-state index in [-0.39, 0.29) is 6.04 Å². The Morgan fingerprint density at radius 2 is 2.21 bits per heavy atom. The summed E-state index contributed by atoms with van der Waals surface area (Å²) in [5.74, 6) is -0.877. The van der Waals surface area contributed by atoms with Crippen LogP contribution in [0.1, 0.15) is 23.0 Å². The number of benzene rings is 1. The number of halogens is 1. The lowest BCUT2D eigenvalue weighted by atomic mass is 9.94. The van der Waals surface area contributed by atoms with Crippen molar-refractivity contribution < 1.29 is 9.90 Å². The number of carboxylic acid groups (broad SMARTS) is 1. The van der Waals surface area contributed by atoms with Crippen molar-refractivity contribution in [2.75, 3.05) is 0 Å². The molecular weight excluding hydrogens is 266 g/mol. The van der Waals surface area contributed by atoms with Crippen LogP contribution in [0.25, 0.3) is 0 Å². The van der Waals surface area contributed by atoms with Crippen molar-refractivity contribution in [2.24, 2.45) is 0 Å². The Bertz CT molecular complexity index is 626. The number of nitrogens with one attached hydrogen (secondary N) is 2. The summed E-state index contributed by atoms with van der Waals surface area (Å²) in [6, 6.07) is 6.44. The smallest absolute Gasteiger partial charge is 0.321 e. The summed E-state index contributed by atoms with van der Waals surface area (Å²) in [6.07, 6.45) is 1.98. The number of nitrogens with zero attached hydrogens (tertiary/aromatic N) is 1. The molecule has 0 aliphatic carbocycles. The zero-order chi connectivity index (χ0) is 13.4. The highest BCUT2D eigenvalue weighted by Crippen LogP contribution is 2.32. The maximum absolute atomic E-state index is 11.2. The van der Waals surface area contributed by atoms with Crippen LogP contribution in [-0.4, -0.2) is 27.1 Å². The molecule has 0 fully saturated rings. The molecule has 1 aromatic heterocycles. The van der Waals surface area contributed by atoms with Crippen molar-refractivity contribution in [1.82, 2.24) is 15.3 Å². The average molecular weight is 278 g/mol. The Kier molecular flexibility index (Phi) is 3.00. The lowest BCUT2D eigenvalue weighted by Crippen LogP contribution is -2.45. The summed E-state index contributed by atoms with van der Waals surface area (Å²) < 4.78 is 0. The Morgan fingerprint density at radius 3 is 2.95 bits per heavy atom. The molecule has 2 heterocycles. The molecular formula is C13H12ClN3O2. The molecule has 0 spiro atoms. The molecule has 0 amide bonds. The van der Waals surface area contributed by atoms with Crippen molar-refractivity contribution in [3.05, 3.63) is 52.6 Å². The van der Waals surface area contributed by atoms with E-state index >= 15 is 0 Å². The van der Waals surface area contributed by atoms with E-state index in [4.69, 9.17) is 11.6 Å². The fourth-order valence-corrected chi connectivity index (χ4v) is 2.64. The summed E-state index contributed by atoms with van der Waals surface area (Å²) in [4.78, 5) is 18.5. The molecule has 3 N–H and O–H groups in total. The number of carbonyl (C=O) groups is 1. The Morgan fingerprint density at radius 1 is 1.42 bits per heavy atom. The first kappa shape index (κ1) is 12.2. The Hall–Kier alpha value is -1.85. The largest absolute Gasteiger partial charge is 0.480 e. The van der Waals surface area contributed by atoms with Crippen LogP contribution in [0.2, 0.25) is 5.02 Å². The van der Waals surface area contributed by atoms with E-state index in [1.165, 1.54) is 0 Å². The molecule has 0 unspecified atom stereocenters. The van der Waals surface area contributed by atoms with Gasteiger partial charge in [-0.1, -0.05) is 29.8 Å².